The molecule has 0 saturated carbocycles. The fourth-order valence-corrected chi connectivity index (χ4v) is 4.81. The second-order valence-electron chi connectivity index (χ2n) is 7.81. The number of nitrogens with two attached hydrogens (primary N) is 1. The van der Waals surface area contributed by atoms with Crippen molar-refractivity contribution in [2.75, 3.05) is 24.6 Å². The summed E-state index contributed by atoms with van der Waals surface area (Å²) >= 11 is 0. The largest absolute Gasteiger partial charge is 0.444 e. The number of rotatable bonds is 1. The summed E-state index contributed by atoms with van der Waals surface area (Å²) in [4.78, 5) is 13.6. The Hall–Kier alpha value is -0.860. The van der Waals surface area contributed by atoms with E-state index in [-0.39, 0.29) is 24.3 Å². The molecule has 0 aliphatic carbocycles. The Morgan fingerprint density at radius 1 is 1.13 bits per heavy atom. The Kier molecular flexibility index (Phi) is 4.74. The Balaban J connectivity index is 1.98. The standard InChI is InChI=1S/C15H28N2O5S/c1-13(2,3)22-12(18)17-8-4-15(19,5-9-17)14(16)6-10-23(20,21)11-7-14/h19H,4-11,16H2,1-3H3. The van der Waals surface area contributed by atoms with Crippen molar-refractivity contribution in [1.29, 1.82) is 0 Å². The smallest absolute Gasteiger partial charge is 0.410 e. The first kappa shape index (κ1) is 18.5. The van der Waals surface area contributed by atoms with Crippen LogP contribution in [0.3, 0.4) is 0 Å². The van der Waals surface area contributed by atoms with Gasteiger partial charge < -0.3 is 20.5 Å². The molecule has 8 heteroatoms. The molecule has 2 aliphatic heterocycles. The fraction of sp³-hybridized carbons (Fsp3) is 0.933. The lowest BCUT2D eigenvalue weighted by molar-refractivity contribution is -0.0845. The van der Waals surface area contributed by atoms with E-state index in [0.29, 0.717) is 25.9 Å². The summed E-state index contributed by atoms with van der Waals surface area (Å²) in [7, 11) is -3.04. The van der Waals surface area contributed by atoms with Gasteiger partial charge in [0, 0.05) is 18.6 Å². The van der Waals surface area contributed by atoms with Crippen LogP contribution in [0.1, 0.15) is 46.5 Å². The second kappa shape index (κ2) is 5.89. The van der Waals surface area contributed by atoms with E-state index < -0.39 is 32.7 Å². The SMILES string of the molecule is CC(C)(C)OC(=O)N1CCC(O)(C2(N)CCS(=O)(=O)CC2)CC1. The van der Waals surface area contributed by atoms with Crippen LogP contribution in [-0.4, -0.2) is 65.9 Å². The molecule has 2 fully saturated rings. The number of sulfone groups is 1. The first-order valence-corrected chi connectivity index (χ1v) is 9.88. The average Bonchev–Trinajstić information content (AvgIpc) is 2.41. The van der Waals surface area contributed by atoms with E-state index >= 15 is 0 Å². The highest BCUT2D eigenvalue weighted by Gasteiger charge is 2.51. The number of nitrogens with zero attached hydrogens (tertiary/aromatic N) is 1. The molecule has 1 amide bonds. The lowest BCUT2D eigenvalue weighted by Crippen LogP contribution is -2.67. The molecule has 0 radical (unpaired) electrons. The molecular formula is C15H28N2O5S. The molecule has 134 valence electrons. The van der Waals surface area contributed by atoms with Crippen LogP contribution in [0.25, 0.3) is 0 Å². The summed E-state index contributed by atoms with van der Waals surface area (Å²) in [6.45, 7) is 6.14. The molecule has 0 unspecified atom stereocenters. The first-order chi connectivity index (χ1) is 10.4. The molecule has 2 heterocycles. The number of hydrogen-bond acceptors (Lipinski definition) is 6. The van der Waals surface area contributed by atoms with Gasteiger partial charge in [-0.2, -0.15) is 0 Å². The summed E-state index contributed by atoms with van der Waals surface area (Å²) in [5.74, 6) is 0.0309. The minimum absolute atomic E-state index is 0.0155. The lowest BCUT2D eigenvalue weighted by Gasteiger charge is -2.50. The van der Waals surface area contributed by atoms with E-state index in [1.807, 2.05) is 20.8 Å². The quantitative estimate of drug-likeness (QED) is 0.720. The number of hydrogen-bond donors (Lipinski definition) is 2. The Morgan fingerprint density at radius 3 is 2.04 bits per heavy atom. The molecule has 3 N–H and O–H groups in total. The monoisotopic (exact) mass is 348 g/mol. The predicted octanol–water partition coefficient (Wildman–Crippen LogP) is 0.655. The van der Waals surface area contributed by atoms with Gasteiger partial charge in [-0.1, -0.05) is 0 Å². The first-order valence-electron chi connectivity index (χ1n) is 8.06. The summed E-state index contributed by atoms with van der Waals surface area (Å²) in [6, 6.07) is 0. The molecule has 0 spiro atoms. The van der Waals surface area contributed by atoms with Gasteiger partial charge in [0.1, 0.15) is 15.4 Å². The molecule has 2 rings (SSSR count). The van der Waals surface area contributed by atoms with Crippen molar-refractivity contribution in [3.63, 3.8) is 0 Å². The van der Waals surface area contributed by atoms with E-state index in [2.05, 4.69) is 0 Å². The van der Waals surface area contributed by atoms with Gasteiger partial charge in [0.15, 0.2) is 0 Å². The molecule has 2 aliphatic rings. The summed E-state index contributed by atoms with van der Waals surface area (Å²) in [5.41, 5.74) is 3.76. The molecule has 0 aromatic rings. The molecule has 0 aromatic carbocycles. The Labute approximate surface area is 138 Å². The molecule has 0 atom stereocenters. The Bertz CT molecular complexity index is 545. The molecular weight excluding hydrogens is 320 g/mol. The predicted molar refractivity (Wildman–Crippen MR) is 86.8 cm³/mol. The van der Waals surface area contributed by atoms with Crippen molar-refractivity contribution in [2.24, 2.45) is 5.73 Å². The minimum atomic E-state index is -3.04. The Morgan fingerprint density at radius 2 is 1.61 bits per heavy atom. The van der Waals surface area contributed by atoms with Crippen LogP contribution in [0.4, 0.5) is 4.79 Å². The van der Waals surface area contributed by atoms with Crippen molar-refractivity contribution in [2.45, 2.75) is 63.2 Å². The van der Waals surface area contributed by atoms with Crippen molar-refractivity contribution in [3.05, 3.63) is 0 Å². The highest BCUT2D eigenvalue weighted by atomic mass is 32.2. The van der Waals surface area contributed by atoms with Crippen LogP contribution in [0.15, 0.2) is 0 Å². The highest BCUT2D eigenvalue weighted by Crippen LogP contribution is 2.39. The van der Waals surface area contributed by atoms with Gasteiger partial charge in [-0.25, -0.2) is 13.2 Å². The summed E-state index contributed by atoms with van der Waals surface area (Å²) in [5, 5.41) is 11.0. The fourth-order valence-electron chi connectivity index (χ4n) is 3.25. The maximum Gasteiger partial charge on any atom is 0.410 e. The molecule has 0 bridgehead atoms. The van der Waals surface area contributed by atoms with E-state index in [9.17, 15) is 18.3 Å². The second-order valence-corrected chi connectivity index (χ2v) is 10.1. The van der Waals surface area contributed by atoms with Crippen LogP contribution >= 0.6 is 0 Å². The van der Waals surface area contributed by atoms with Crippen LogP contribution in [0.5, 0.6) is 0 Å². The number of ether oxygens (including phenoxy) is 1. The van der Waals surface area contributed by atoms with Gasteiger partial charge in [0.2, 0.25) is 0 Å². The maximum absolute atomic E-state index is 12.1. The minimum Gasteiger partial charge on any atom is -0.444 e. The van der Waals surface area contributed by atoms with Crippen LogP contribution in [0, 0.1) is 0 Å². The third kappa shape index (κ3) is 4.16. The van der Waals surface area contributed by atoms with Gasteiger partial charge >= 0.3 is 6.09 Å². The maximum atomic E-state index is 12.1. The third-order valence-electron chi connectivity index (χ3n) is 4.89. The zero-order valence-corrected chi connectivity index (χ0v) is 15.0. The molecule has 7 nitrogen and oxygen atoms in total. The number of aliphatic hydroxyl groups is 1. The number of carbonyl (C=O) groups is 1. The van der Waals surface area contributed by atoms with E-state index in [0.717, 1.165) is 0 Å². The van der Waals surface area contributed by atoms with Gasteiger partial charge in [0.25, 0.3) is 0 Å². The average molecular weight is 348 g/mol. The van der Waals surface area contributed by atoms with Crippen LogP contribution in [0.2, 0.25) is 0 Å². The lowest BCUT2D eigenvalue weighted by atomic mass is 9.71. The molecule has 23 heavy (non-hydrogen) atoms. The van der Waals surface area contributed by atoms with Crippen molar-refractivity contribution in [1.82, 2.24) is 4.90 Å². The van der Waals surface area contributed by atoms with Gasteiger partial charge in [-0.3, -0.25) is 0 Å². The van der Waals surface area contributed by atoms with Gasteiger partial charge in [0.05, 0.1) is 17.1 Å². The normalized spacial score (nSPS) is 26.6. The number of likely N-dealkylation sites (tertiary alicyclic amines) is 1. The zero-order chi connectivity index (χ0) is 17.5. The topological polar surface area (TPSA) is 110 Å². The van der Waals surface area contributed by atoms with E-state index in [4.69, 9.17) is 10.5 Å². The number of amides is 1. The summed E-state index contributed by atoms with van der Waals surface area (Å²) < 4.78 is 28.5. The van der Waals surface area contributed by atoms with Crippen molar-refractivity contribution >= 4 is 15.9 Å². The molecule has 2 saturated heterocycles. The summed E-state index contributed by atoms with van der Waals surface area (Å²) in [6.07, 6.45) is 0.805. The third-order valence-corrected chi connectivity index (χ3v) is 6.54. The number of carbonyl (C=O) groups excluding carboxylic acids is 1. The number of piperidine rings is 1. The van der Waals surface area contributed by atoms with Crippen molar-refractivity contribution in [3.8, 4) is 0 Å². The van der Waals surface area contributed by atoms with Crippen LogP contribution < -0.4 is 5.73 Å². The highest BCUT2D eigenvalue weighted by molar-refractivity contribution is 7.91. The van der Waals surface area contributed by atoms with Crippen LogP contribution in [-0.2, 0) is 14.6 Å². The molecule has 0 aromatic heterocycles. The van der Waals surface area contributed by atoms with E-state index in [1.165, 1.54) is 0 Å². The van der Waals surface area contributed by atoms with Gasteiger partial charge in [-0.15, -0.1) is 0 Å². The zero-order valence-electron chi connectivity index (χ0n) is 14.2. The van der Waals surface area contributed by atoms with E-state index in [1.54, 1.807) is 4.90 Å². The van der Waals surface area contributed by atoms with Crippen molar-refractivity contribution < 1.29 is 23.1 Å². The van der Waals surface area contributed by atoms with Gasteiger partial charge in [-0.05, 0) is 46.5 Å².